The molecule has 0 radical (unpaired) electrons. The van der Waals surface area contributed by atoms with Crippen LogP contribution in [-0.2, 0) is 6.54 Å². The lowest BCUT2D eigenvalue weighted by Gasteiger charge is -2.10. The normalized spacial score (nSPS) is 10.3. The second-order valence-corrected chi connectivity index (χ2v) is 6.19. The quantitative estimate of drug-likeness (QED) is 0.682. The van der Waals surface area contributed by atoms with Crippen LogP contribution in [0.5, 0.6) is 5.75 Å². The second kappa shape index (κ2) is 7.70. The maximum Gasteiger partial charge on any atom is 0.121 e. The van der Waals surface area contributed by atoms with E-state index >= 15 is 0 Å². The number of benzene rings is 2. The summed E-state index contributed by atoms with van der Waals surface area (Å²) in [6, 6.07) is 14.3. The molecule has 4 heteroatoms. The molecule has 0 spiro atoms. The van der Waals surface area contributed by atoms with Crippen molar-refractivity contribution >= 4 is 37.5 Å². The van der Waals surface area contributed by atoms with Gasteiger partial charge in [-0.2, -0.15) is 0 Å². The van der Waals surface area contributed by atoms with Gasteiger partial charge in [0.1, 0.15) is 5.75 Å². The molecule has 0 bridgehead atoms. The molecule has 0 unspecified atom stereocenters. The minimum atomic E-state index is 0.753. The van der Waals surface area contributed by atoms with Crippen LogP contribution in [0.4, 0.5) is 5.69 Å². The highest BCUT2D eigenvalue weighted by Crippen LogP contribution is 2.24. The van der Waals surface area contributed by atoms with Crippen molar-refractivity contribution in [1.82, 2.24) is 0 Å². The van der Waals surface area contributed by atoms with E-state index in [1.54, 1.807) is 0 Å². The van der Waals surface area contributed by atoms with E-state index in [0.29, 0.717) is 0 Å². The first kappa shape index (κ1) is 15.4. The SMILES string of the molecule is CCCOc1cccc(NCc2ccc(Br)c(Br)c2)c1. The van der Waals surface area contributed by atoms with Crippen LogP contribution in [0.25, 0.3) is 0 Å². The number of nitrogens with one attached hydrogen (secondary N) is 1. The fraction of sp³-hybridized carbons (Fsp3) is 0.250. The monoisotopic (exact) mass is 397 g/mol. The molecule has 0 fully saturated rings. The first-order chi connectivity index (χ1) is 9.69. The van der Waals surface area contributed by atoms with Crippen molar-refractivity contribution in [2.75, 3.05) is 11.9 Å². The van der Waals surface area contributed by atoms with Gasteiger partial charge in [0, 0.05) is 27.2 Å². The predicted molar refractivity (Wildman–Crippen MR) is 91.4 cm³/mol. The van der Waals surface area contributed by atoms with Crippen molar-refractivity contribution < 1.29 is 4.74 Å². The summed E-state index contributed by atoms with van der Waals surface area (Å²) in [5, 5.41) is 3.41. The van der Waals surface area contributed by atoms with E-state index in [1.807, 2.05) is 30.3 Å². The first-order valence-electron chi connectivity index (χ1n) is 6.59. The van der Waals surface area contributed by atoms with Gasteiger partial charge in [-0.3, -0.25) is 0 Å². The maximum absolute atomic E-state index is 5.63. The molecule has 20 heavy (non-hydrogen) atoms. The third-order valence-electron chi connectivity index (χ3n) is 2.79. The molecule has 0 atom stereocenters. The summed E-state index contributed by atoms with van der Waals surface area (Å²) in [6.45, 7) is 3.64. The molecule has 2 aromatic carbocycles. The third-order valence-corrected chi connectivity index (χ3v) is 4.67. The average Bonchev–Trinajstić information content (AvgIpc) is 2.47. The Kier molecular flexibility index (Phi) is 5.92. The van der Waals surface area contributed by atoms with Gasteiger partial charge >= 0.3 is 0 Å². The highest BCUT2D eigenvalue weighted by atomic mass is 79.9. The molecule has 0 saturated heterocycles. The summed E-state index contributed by atoms with van der Waals surface area (Å²) in [4.78, 5) is 0. The molecule has 0 aliphatic carbocycles. The zero-order chi connectivity index (χ0) is 14.4. The molecule has 0 aromatic heterocycles. The maximum atomic E-state index is 5.63. The summed E-state index contributed by atoms with van der Waals surface area (Å²) in [6.07, 6.45) is 1.02. The van der Waals surface area contributed by atoms with Gasteiger partial charge in [0.05, 0.1) is 6.61 Å². The van der Waals surface area contributed by atoms with Crippen molar-refractivity contribution in [2.24, 2.45) is 0 Å². The molecular formula is C16H17Br2NO. The van der Waals surface area contributed by atoms with Crippen molar-refractivity contribution in [1.29, 1.82) is 0 Å². The van der Waals surface area contributed by atoms with Crippen molar-refractivity contribution in [3.8, 4) is 5.75 Å². The van der Waals surface area contributed by atoms with E-state index in [-0.39, 0.29) is 0 Å². The lowest BCUT2D eigenvalue weighted by atomic mass is 10.2. The number of hydrogen-bond acceptors (Lipinski definition) is 2. The lowest BCUT2D eigenvalue weighted by molar-refractivity contribution is 0.317. The number of rotatable bonds is 6. The van der Waals surface area contributed by atoms with Crippen LogP contribution >= 0.6 is 31.9 Å². The van der Waals surface area contributed by atoms with Crippen molar-refractivity contribution in [2.45, 2.75) is 19.9 Å². The predicted octanol–water partition coefficient (Wildman–Crippen LogP) is 5.61. The first-order valence-corrected chi connectivity index (χ1v) is 8.18. The van der Waals surface area contributed by atoms with Crippen LogP contribution in [-0.4, -0.2) is 6.61 Å². The minimum Gasteiger partial charge on any atom is -0.494 e. The Hall–Kier alpha value is -1.000. The van der Waals surface area contributed by atoms with Crippen LogP contribution in [0.3, 0.4) is 0 Å². The standard InChI is InChI=1S/C16H17Br2NO/c1-2-8-20-14-5-3-4-13(10-14)19-11-12-6-7-15(17)16(18)9-12/h3-7,9-10,19H,2,8,11H2,1H3. The molecule has 1 N–H and O–H groups in total. The number of anilines is 1. The van der Waals surface area contributed by atoms with Crippen LogP contribution in [0.15, 0.2) is 51.4 Å². The van der Waals surface area contributed by atoms with Gasteiger partial charge in [-0.15, -0.1) is 0 Å². The molecule has 106 valence electrons. The molecular weight excluding hydrogens is 382 g/mol. The van der Waals surface area contributed by atoms with Crippen molar-refractivity contribution in [3.63, 3.8) is 0 Å². The Morgan fingerprint density at radius 3 is 2.65 bits per heavy atom. The molecule has 0 aliphatic rings. The van der Waals surface area contributed by atoms with E-state index < -0.39 is 0 Å². The van der Waals surface area contributed by atoms with Crippen LogP contribution < -0.4 is 10.1 Å². The van der Waals surface area contributed by atoms with Gasteiger partial charge in [0.15, 0.2) is 0 Å². The zero-order valence-electron chi connectivity index (χ0n) is 11.3. The van der Waals surface area contributed by atoms with Gasteiger partial charge in [-0.1, -0.05) is 19.1 Å². The third kappa shape index (κ3) is 4.53. The average molecular weight is 399 g/mol. The fourth-order valence-corrected chi connectivity index (χ4v) is 2.44. The second-order valence-electron chi connectivity index (χ2n) is 4.48. The zero-order valence-corrected chi connectivity index (χ0v) is 14.5. The topological polar surface area (TPSA) is 21.3 Å². The van der Waals surface area contributed by atoms with Gasteiger partial charge in [-0.25, -0.2) is 0 Å². The Morgan fingerprint density at radius 2 is 1.90 bits per heavy atom. The van der Waals surface area contributed by atoms with Crippen LogP contribution in [0, 0.1) is 0 Å². The van der Waals surface area contributed by atoms with E-state index in [0.717, 1.165) is 40.0 Å². The molecule has 2 aromatic rings. The number of ether oxygens (including phenoxy) is 1. The summed E-state index contributed by atoms with van der Waals surface area (Å²) in [5.74, 6) is 0.911. The lowest BCUT2D eigenvalue weighted by Crippen LogP contribution is -2.00. The molecule has 0 amide bonds. The van der Waals surface area contributed by atoms with Crippen LogP contribution in [0.1, 0.15) is 18.9 Å². The Bertz CT molecular complexity index is 572. The number of halogens is 2. The molecule has 0 heterocycles. The highest BCUT2D eigenvalue weighted by Gasteiger charge is 2.00. The van der Waals surface area contributed by atoms with Gasteiger partial charge in [0.2, 0.25) is 0 Å². The highest BCUT2D eigenvalue weighted by molar-refractivity contribution is 9.13. The Morgan fingerprint density at radius 1 is 1.05 bits per heavy atom. The summed E-state index contributed by atoms with van der Waals surface area (Å²) in [5.41, 5.74) is 2.29. The molecule has 2 rings (SSSR count). The van der Waals surface area contributed by atoms with Crippen LogP contribution in [0.2, 0.25) is 0 Å². The van der Waals surface area contributed by atoms with Gasteiger partial charge in [0.25, 0.3) is 0 Å². The molecule has 0 aliphatic heterocycles. The summed E-state index contributed by atoms with van der Waals surface area (Å²) >= 11 is 6.99. The Labute approximate surface area is 136 Å². The minimum absolute atomic E-state index is 0.753. The fourth-order valence-electron chi connectivity index (χ4n) is 1.77. The summed E-state index contributed by atoms with van der Waals surface area (Å²) < 4.78 is 7.76. The number of hydrogen-bond donors (Lipinski definition) is 1. The smallest absolute Gasteiger partial charge is 0.121 e. The Balaban J connectivity index is 1.97. The van der Waals surface area contributed by atoms with Gasteiger partial charge in [-0.05, 0) is 68.1 Å². The molecule has 2 nitrogen and oxygen atoms in total. The van der Waals surface area contributed by atoms with E-state index in [9.17, 15) is 0 Å². The van der Waals surface area contributed by atoms with Gasteiger partial charge < -0.3 is 10.1 Å². The van der Waals surface area contributed by atoms with E-state index in [2.05, 4.69) is 56.2 Å². The van der Waals surface area contributed by atoms with Crippen molar-refractivity contribution in [3.05, 3.63) is 57.0 Å². The van der Waals surface area contributed by atoms with E-state index in [1.165, 1.54) is 5.56 Å². The molecule has 0 saturated carbocycles. The largest absolute Gasteiger partial charge is 0.494 e. The summed E-state index contributed by atoms with van der Waals surface area (Å²) in [7, 11) is 0. The van der Waals surface area contributed by atoms with E-state index in [4.69, 9.17) is 4.74 Å².